The molecule has 10 heteroatoms. The summed E-state index contributed by atoms with van der Waals surface area (Å²) in [6.45, 7) is 4.44. The van der Waals surface area contributed by atoms with Gasteiger partial charge in [0.1, 0.15) is 0 Å². The van der Waals surface area contributed by atoms with E-state index in [9.17, 15) is 18.0 Å². The third kappa shape index (κ3) is 10.5. The highest BCUT2D eigenvalue weighted by molar-refractivity contribution is 7.88. The van der Waals surface area contributed by atoms with Gasteiger partial charge in [0, 0.05) is 13.0 Å². The topological polar surface area (TPSA) is 114 Å². The Kier molecular flexibility index (Phi) is 12.3. The minimum absolute atomic E-state index is 0.0350. The normalized spacial score (nSPS) is 17.6. The number of hydrogen-bond donors (Lipinski definition) is 2. The number of carbonyl (C=O) groups excluding carboxylic acids is 2. The Balaban J connectivity index is 1.83. The molecule has 2 aromatic carbocycles. The molecule has 1 aliphatic rings. The SMILES string of the molecule is CC(C)C[C@@H](C(=O)NN(Cc1ccccc1)S(C)(=O)=O)[C@H](C/C=C/c1ccccc1)C(=O)NOC1CCCCO1. The van der Waals surface area contributed by atoms with Crippen LogP contribution in [0.4, 0.5) is 0 Å². The maximum Gasteiger partial charge on any atom is 0.247 e. The number of rotatable bonds is 14. The highest BCUT2D eigenvalue weighted by Gasteiger charge is 2.36. The second kappa shape index (κ2) is 15.7. The first-order chi connectivity index (χ1) is 19.1. The fraction of sp³-hybridized carbons (Fsp3) is 0.467. The van der Waals surface area contributed by atoms with E-state index in [1.807, 2.05) is 62.4 Å². The van der Waals surface area contributed by atoms with Crippen LogP contribution in [0.3, 0.4) is 0 Å². The molecule has 0 spiro atoms. The molecule has 9 nitrogen and oxygen atoms in total. The Morgan fingerprint density at radius 1 is 1.02 bits per heavy atom. The average molecular weight is 572 g/mol. The van der Waals surface area contributed by atoms with E-state index in [0.29, 0.717) is 19.4 Å². The van der Waals surface area contributed by atoms with Crippen molar-refractivity contribution in [2.24, 2.45) is 17.8 Å². The molecule has 2 amide bonds. The van der Waals surface area contributed by atoms with Crippen molar-refractivity contribution < 1.29 is 27.6 Å². The Morgan fingerprint density at radius 2 is 1.70 bits per heavy atom. The molecule has 3 atom stereocenters. The Bertz CT molecular complexity index is 1200. The monoisotopic (exact) mass is 571 g/mol. The van der Waals surface area contributed by atoms with Crippen molar-refractivity contribution in [1.82, 2.24) is 15.3 Å². The van der Waals surface area contributed by atoms with Crippen molar-refractivity contribution in [1.29, 1.82) is 0 Å². The summed E-state index contributed by atoms with van der Waals surface area (Å²) in [5.41, 5.74) is 6.80. The van der Waals surface area contributed by atoms with E-state index in [0.717, 1.165) is 34.6 Å². The van der Waals surface area contributed by atoms with Crippen LogP contribution in [-0.4, -0.2) is 43.8 Å². The standard InChI is InChI=1S/C30H41N3O6S/c1-23(2)21-27(29(34)31-33(40(3,36)37)22-25-15-8-5-9-16-25)26(18-12-17-24-13-6-4-7-14-24)30(35)32-39-28-19-10-11-20-38-28/h4-9,12-17,23,26-28H,10-11,18-22H2,1-3H3,(H,31,34)(H,32,35)/b17-12+/t26-,27+,28?/m0/s1. The minimum Gasteiger partial charge on any atom is -0.350 e. The molecule has 1 aliphatic heterocycles. The predicted octanol–water partition coefficient (Wildman–Crippen LogP) is 4.44. The summed E-state index contributed by atoms with van der Waals surface area (Å²) in [4.78, 5) is 32.8. The van der Waals surface area contributed by atoms with Crippen LogP contribution in [0.5, 0.6) is 0 Å². The maximum absolute atomic E-state index is 13.7. The molecule has 0 aromatic heterocycles. The zero-order valence-corrected chi connectivity index (χ0v) is 24.3. The fourth-order valence-corrected chi connectivity index (χ4v) is 5.17. The second-order valence-electron chi connectivity index (χ2n) is 10.5. The van der Waals surface area contributed by atoms with Crippen LogP contribution in [0, 0.1) is 17.8 Å². The van der Waals surface area contributed by atoms with Crippen molar-refractivity contribution in [3.63, 3.8) is 0 Å². The van der Waals surface area contributed by atoms with E-state index in [4.69, 9.17) is 9.57 Å². The van der Waals surface area contributed by atoms with E-state index in [1.165, 1.54) is 0 Å². The van der Waals surface area contributed by atoms with Crippen molar-refractivity contribution in [2.75, 3.05) is 12.9 Å². The number of benzene rings is 2. The van der Waals surface area contributed by atoms with Crippen LogP contribution < -0.4 is 10.9 Å². The highest BCUT2D eigenvalue weighted by Crippen LogP contribution is 2.26. The number of nitrogens with zero attached hydrogens (tertiary/aromatic N) is 1. The lowest BCUT2D eigenvalue weighted by molar-refractivity contribution is -0.203. The molecule has 0 saturated carbocycles. The lowest BCUT2D eigenvalue weighted by atomic mass is 9.82. The quantitative estimate of drug-likeness (QED) is 0.324. The summed E-state index contributed by atoms with van der Waals surface area (Å²) >= 11 is 0. The van der Waals surface area contributed by atoms with E-state index >= 15 is 0 Å². The summed E-state index contributed by atoms with van der Waals surface area (Å²) < 4.78 is 31.7. The molecule has 0 bridgehead atoms. The molecule has 40 heavy (non-hydrogen) atoms. The summed E-state index contributed by atoms with van der Waals surface area (Å²) in [6.07, 6.45) is 7.41. The van der Waals surface area contributed by atoms with Gasteiger partial charge in [0.2, 0.25) is 21.8 Å². The van der Waals surface area contributed by atoms with Gasteiger partial charge in [-0.05, 0) is 42.7 Å². The average Bonchev–Trinajstić information content (AvgIpc) is 2.94. The molecular weight excluding hydrogens is 530 g/mol. The third-order valence-electron chi connectivity index (χ3n) is 6.62. The number of nitrogens with one attached hydrogen (secondary N) is 2. The molecule has 3 rings (SSSR count). The number of hydrazine groups is 1. The van der Waals surface area contributed by atoms with Gasteiger partial charge >= 0.3 is 0 Å². The van der Waals surface area contributed by atoms with Gasteiger partial charge in [-0.3, -0.25) is 15.0 Å². The first-order valence-electron chi connectivity index (χ1n) is 13.7. The summed E-state index contributed by atoms with van der Waals surface area (Å²) in [7, 11) is -3.80. The van der Waals surface area contributed by atoms with Crippen molar-refractivity contribution in [3.8, 4) is 0 Å². The predicted molar refractivity (Wildman–Crippen MR) is 154 cm³/mol. The molecule has 1 fully saturated rings. The van der Waals surface area contributed by atoms with Crippen LogP contribution in [-0.2, 0) is 35.7 Å². The lowest BCUT2D eigenvalue weighted by Crippen LogP contribution is -2.50. The van der Waals surface area contributed by atoms with Crippen LogP contribution >= 0.6 is 0 Å². The number of hydrogen-bond acceptors (Lipinski definition) is 6. The number of allylic oxidation sites excluding steroid dienone is 1. The molecule has 1 heterocycles. The van der Waals surface area contributed by atoms with Gasteiger partial charge < -0.3 is 4.74 Å². The van der Waals surface area contributed by atoms with Crippen LogP contribution in [0.1, 0.15) is 57.1 Å². The van der Waals surface area contributed by atoms with Crippen LogP contribution in [0.2, 0.25) is 0 Å². The smallest absolute Gasteiger partial charge is 0.247 e. The Labute approximate surface area is 237 Å². The van der Waals surface area contributed by atoms with Crippen molar-refractivity contribution in [2.45, 2.75) is 58.8 Å². The molecule has 2 aromatic rings. The van der Waals surface area contributed by atoms with Gasteiger partial charge in [-0.15, -0.1) is 4.41 Å². The Hall–Kier alpha value is -3.05. The molecule has 218 valence electrons. The Morgan fingerprint density at radius 3 is 2.30 bits per heavy atom. The van der Waals surface area contributed by atoms with Gasteiger partial charge in [0.25, 0.3) is 0 Å². The molecular formula is C30H41N3O6S. The molecule has 2 N–H and O–H groups in total. The summed E-state index contributed by atoms with van der Waals surface area (Å²) in [6, 6.07) is 18.6. The van der Waals surface area contributed by atoms with Gasteiger partial charge in [-0.25, -0.2) is 18.7 Å². The number of hydroxylamine groups is 1. The number of ether oxygens (including phenoxy) is 1. The number of sulfonamides is 1. The molecule has 0 aliphatic carbocycles. The van der Waals surface area contributed by atoms with E-state index in [-0.39, 0.29) is 18.9 Å². The van der Waals surface area contributed by atoms with E-state index in [2.05, 4.69) is 10.9 Å². The zero-order chi connectivity index (χ0) is 29.0. The molecule has 1 unspecified atom stereocenters. The van der Waals surface area contributed by atoms with Crippen molar-refractivity contribution >= 4 is 27.9 Å². The molecule has 1 saturated heterocycles. The first kappa shape index (κ1) is 31.5. The van der Waals surface area contributed by atoms with Gasteiger partial charge in [-0.1, -0.05) is 86.7 Å². The van der Waals surface area contributed by atoms with Crippen molar-refractivity contribution in [3.05, 3.63) is 77.9 Å². The third-order valence-corrected chi connectivity index (χ3v) is 7.64. The fourth-order valence-electron chi connectivity index (χ4n) is 4.53. The van der Waals surface area contributed by atoms with Gasteiger partial charge in [0.15, 0.2) is 6.29 Å². The molecule has 0 radical (unpaired) electrons. The highest BCUT2D eigenvalue weighted by atomic mass is 32.2. The second-order valence-corrected chi connectivity index (χ2v) is 12.4. The summed E-state index contributed by atoms with van der Waals surface area (Å²) in [5, 5.41) is 0. The minimum atomic E-state index is -3.80. The van der Waals surface area contributed by atoms with E-state index in [1.54, 1.807) is 24.3 Å². The zero-order valence-electron chi connectivity index (χ0n) is 23.5. The number of carbonyl (C=O) groups is 2. The maximum atomic E-state index is 13.7. The van der Waals surface area contributed by atoms with Gasteiger partial charge in [-0.2, -0.15) is 0 Å². The first-order valence-corrected chi connectivity index (χ1v) is 15.6. The van der Waals surface area contributed by atoms with Crippen LogP contribution in [0.15, 0.2) is 66.7 Å². The van der Waals surface area contributed by atoms with E-state index < -0.39 is 40.0 Å². The largest absolute Gasteiger partial charge is 0.350 e. The van der Waals surface area contributed by atoms with Gasteiger partial charge in [0.05, 0.1) is 24.6 Å². The summed E-state index contributed by atoms with van der Waals surface area (Å²) in [5.74, 6) is -2.58. The number of amides is 2. The van der Waals surface area contributed by atoms with Crippen LogP contribution in [0.25, 0.3) is 6.08 Å². The lowest BCUT2D eigenvalue weighted by Gasteiger charge is -2.30.